The van der Waals surface area contributed by atoms with Gasteiger partial charge in [0.25, 0.3) is 0 Å². The third-order valence-electron chi connectivity index (χ3n) is 3.23. The summed E-state index contributed by atoms with van der Waals surface area (Å²) in [6.45, 7) is 2.71. The molecule has 0 aliphatic heterocycles. The molecular formula is C18H19Cl2NOS2. The molecule has 2 rings (SSSR count). The standard InChI is InChI=1S/C18H19Cl2NOS2/c1-13-2-6-16(7-3-13)24-12-18(22)21-8-9-23-11-14-4-5-15(19)10-17(14)20/h2-7,10H,8-9,11-12H2,1H3,(H,21,22). The van der Waals surface area contributed by atoms with Gasteiger partial charge < -0.3 is 5.32 Å². The molecule has 0 spiro atoms. The maximum Gasteiger partial charge on any atom is 0.230 e. The fourth-order valence-electron chi connectivity index (χ4n) is 1.92. The molecule has 0 saturated carbocycles. The van der Waals surface area contributed by atoms with Crippen LogP contribution in [0.2, 0.25) is 10.0 Å². The first-order chi connectivity index (χ1) is 11.5. The molecule has 0 fully saturated rings. The van der Waals surface area contributed by atoms with Gasteiger partial charge in [-0.1, -0.05) is 47.0 Å². The van der Waals surface area contributed by atoms with Crippen LogP contribution < -0.4 is 5.32 Å². The van der Waals surface area contributed by atoms with Gasteiger partial charge in [0.2, 0.25) is 5.91 Å². The van der Waals surface area contributed by atoms with Gasteiger partial charge in [0.1, 0.15) is 0 Å². The Hall–Kier alpha value is -0.810. The molecule has 0 atom stereocenters. The number of carbonyl (C=O) groups is 1. The average molecular weight is 400 g/mol. The normalized spacial score (nSPS) is 10.6. The van der Waals surface area contributed by atoms with Gasteiger partial charge >= 0.3 is 0 Å². The summed E-state index contributed by atoms with van der Waals surface area (Å²) in [5.41, 5.74) is 2.29. The number of benzene rings is 2. The highest BCUT2D eigenvalue weighted by Gasteiger charge is 2.04. The lowest BCUT2D eigenvalue weighted by Crippen LogP contribution is -2.27. The monoisotopic (exact) mass is 399 g/mol. The van der Waals surface area contributed by atoms with E-state index < -0.39 is 0 Å². The van der Waals surface area contributed by atoms with Gasteiger partial charge in [-0.3, -0.25) is 4.79 Å². The van der Waals surface area contributed by atoms with E-state index in [1.165, 1.54) is 5.56 Å². The molecule has 0 unspecified atom stereocenters. The van der Waals surface area contributed by atoms with Crippen LogP contribution in [0.3, 0.4) is 0 Å². The number of carbonyl (C=O) groups excluding carboxylic acids is 1. The summed E-state index contributed by atoms with van der Waals surface area (Å²) in [7, 11) is 0. The summed E-state index contributed by atoms with van der Waals surface area (Å²) < 4.78 is 0. The highest BCUT2D eigenvalue weighted by atomic mass is 35.5. The summed E-state index contributed by atoms with van der Waals surface area (Å²) in [5.74, 6) is 2.16. The molecule has 1 N–H and O–H groups in total. The Morgan fingerprint density at radius 1 is 1.12 bits per heavy atom. The van der Waals surface area contributed by atoms with E-state index >= 15 is 0 Å². The van der Waals surface area contributed by atoms with Crippen LogP contribution in [0.15, 0.2) is 47.4 Å². The maximum absolute atomic E-state index is 11.8. The molecule has 2 aromatic rings. The van der Waals surface area contributed by atoms with Crippen molar-refractivity contribution in [1.29, 1.82) is 0 Å². The molecule has 0 saturated heterocycles. The topological polar surface area (TPSA) is 29.1 Å². The Morgan fingerprint density at radius 3 is 2.58 bits per heavy atom. The Labute approximate surface area is 161 Å². The predicted octanol–water partition coefficient (Wildman–Crippen LogP) is 5.44. The van der Waals surface area contributed by atoms with E-state index in [1.807, 2.05) is 24.3 Å². The molecule has 6 heteroatoms. The molecule has 0 aliphatic carbocycles. The van der Waals surface area contributed by atoms with Crippen molar-refractivity contribution in [3.8, 4) is 0 Å². The predicted molar refractivity (Wildman–Crippen MR) is 108 cm³/mol. The molecule has 0 aliphatic rings. The highest BCUT2D eigenvalue weighted by Crippen LogP contribution is 2.24. The van der Waals surface area contributed by atoms with Gasteiger partial charge in [-0.05, 0) is 36.8 Å². The van der Waals surface area contributed by atoms with Crippen LogP contribution in [0.25, 0.3) is 0 Å². The second kappa shape index (κ2) is 10.2. The zero-order valence-electron chi connectivity index (χ0n) is 13.4. The number of aryl methyl sites for hydroxylation is 1. The lowest BCUT2D eigenvalue weighted by molar-refractivity contribution is -0.118. The fraction of sp³-hybridized carbons (Fsp3) is 0.278. The first-order valence-electron chi connectivity index (χ1n) is 7.52. The van der Waals surface area contributed by atoms with E-state index in [0.717, 1.165) is 22.0 Å². The van der Waals surface area contributed by atoms with E-state index in [-0.39, 0.29) is 5.91 Å². The Bertz CT molecular complexity index is 677. The molecule has 128 valence electrons. The second-order valence-corrected chi connectivity index (χ2v) is 8.24. The Balaban J connectivity index is 1.60. The molecule has 0 bridgehead atoms. The summed E-state index contributed by atoms with van der Waals surface area (Å²) in [6, 6.07) is 13.7. The minimum atomic E-state index is 0.0608. The third kappa shape index (κ3) is 6.98. The molecular weight excluding hydrogens is 381 g/mol. The van der Waals surface area contributed by atoms with Crippen LogP contribution in [0, 0.1) is 6.92 Å². The van der Waals surface area contributed by atoms with Crippen LogP contribution in [0.5, 0.6) is 0 Å². The highest BCUT2D eigenvalue weighted by molar-refractivity contribution is 8.00. The molecule has 2 aromatic carbocycles. The van der Waals surface area contributed by atoms with Crippen molar-refractivity contribution in [3.63, 3.8) is 0 Å². The van der Waals surface area contributed by atoms with Crippen molar-refractivity contribution in [2.45, 2.75) is 17.6 Å². The lowest BCUT2D eigenvalue weighted by Gasteiger charge is -2.07. The molecule has 0 aromatic heterocycles. The Morgan fingerprint density at radius 2 is 1.88 bits per heavy atom. The van der Waals surface area contributed by atoms with Crippen molar-refractivity contribution in [2.24, 2.45) is 0 Å². The Kier molecular flexibility index (Phi) is 8.33. The second-order valence-electron chi connectivity index (χ2n) is 5.24. The zero-order valence-corrected chi connectivity index (χ0v) is 16.5. The van der Waals surface area contributed by atoms with Crippen molar-refractivity contribution >= 4 is 52.6 Å². The summed E-state index contributed by atoms with van der Waals surface area (Å²) in [4.78, 5) is 12.9. The number of hydrogen-bond donors (Lipinski definition) is 1. The first kappa shape index (κ1) is 19.5. The van der Waals surface area contributed by atoms with E-state index in [2.05, 4.69) is 24.4 Å². The van der Waals surface area contributed by atoms with Crippen molar-refractivity contribution < 1.29 is 4.79 Å². The number of hydrogen-bond acceptors (Lipinski definition) is 3. The van der Waals surface area contributed by atoms with Crippen LogP contribution in [-0.4, -0.2) is 24.0 Å². The largest absolute Gasteiger partial charge is 0.355 e. The van der Waals surface area contributed by atoms with E-state index in [0.29, 0.717) is 22.3 Å². The zero-order chi connectivity index (χ0) is 17.4. The van der Waals surface area contributed by atoms with Crippen molar-refractivity contribution in [2.75, 3.05) is 18.1 Å². The molecule has 0 heterocycles. The van der Waals surface area contributed by atoms with Gasteiger partial charge in [-0.15, -0.1) is 11.8 Å². The molecule has 24 heavy (non-hydrogen) atoms. The summed E-state index contributed by atoms with van der Waals surface area (Å²) >= 11 is 15.3. The van der Waals surface area contributed by atoms with Crippen molar-refractivity contribution in [1.82, 2.24) is 5.32 Å². The lowest BCUT2D eigenvalue weighted by atomic mass is 10.2. The minimum Gasteiger partial charge on any atom is -0.355 e. The summed E-state index contributed by atoms with van der Waals surface area (Å²) in [6.07, 6.45) is 0. The fourth-order valence-corrected chi connectivity index (χ4v) is 4.06. The third-order valence-corrected chi connectivity index (χ3v) is 5.84. The van der Waals surface area contributed by atoms with Gasteiger partial charge in [-0.2, -0.15) is 11.8 Å². The van der Waals surface area contributed by atoms with Crippen LogP contribution in [0.1, 0.15) is 11.1 Å². The smallest absolute Gasteiger partial charge is 0.230 e. The first-order valence-corrected chi connectivity index (χ1v) is 10.4. The number of amides is 1. The molecule has 2 nitrogen and oxygen atoms in total. The number of thioether (sulfide) groups is 2. The quantitative estimate of drug-likeness (QED) is 0.472. The average Bonchev–Trinajstić information content (AvgIpc) is 2.56. The van der Waals surface area contributed by atoms with Crippen LogP contribution in [0.4, 0.5) is 0 Å². The number of rotatable bonds is 8. The summed E-state index contributed by atoms with van der Waals surface area (Å²) in [5, 5.41) is 4.27. The van der Waals surface area contributed by atoms with Crippen molar-refractivity contribution in [3.05, 3.63) is 63.6 Å². The molecule has 1 amide bonds. The SMILES string of the molecule is Cc1ccc(SCC(=O)NCCSCc2ccc(Cl)cc2Cl)cc1. The maximum atomic E-state index is 11.8. The van der Waals surface area contributed by atoms with Gasteiger partial charge in [0, 0.05) is 33.0 Å². The van der Waals surface area contributed by atoms with Crippen LogP contribution in [-0.2, 0) is 10.5 Å². The van der Waals surface area contributed by atoms with Gasteiger partial charge in [-0.25, -0.2) is 0 Å². The van der Waals surface area contributed by atoms with E-state index in [9.17, 15) is 4.79 Å². The van der Waals surface area contributed by atoms with Gasteiger partial charge in [0.05, 0.1) is 5.75 Å². The minimum absolute atomic E-state index is 0.0608. The van der Waals surface area contributed by atoms with Gasteiger partial charge in [0.15, 0.2) is 0 Å². The number of nitrogens with one attached hydrogen (secondary N) is 1. The van der Waals surface area contributed by atoms with E-state index in [1.54, 1.807) is 29.6 Å². The van der Waals surface area contributed by atoms with Crippen LogP contribution >= 0.6 is 46.7 Å². The van der Waals surface area contributed by atoms with E-state index in [4.69, 9.17) is 23.2 Å². The molecule has 0 radical (unpaired) electrons. The number of halogens is 2.